The van der Waals surface area contributed by atoms with E-state index >= 15 is 0 Å². The third-order valence-electron chi connectivity index (χ3n) is 3.94. The molecule has 0 saturated carbocycles. The van der Waals surface area contributed by atoms with Crippen molar-refractivity contribution in [3.63, 3.8) is 0 Å². The molecule has 2 atom stereocenters. The first-order valence-electron chi connectivity index (χ1n) is 7.87. The SMILES string of the molecule is CS[C@H](C)CCNC(=O)[C@@H]1CN(Cc2ccccc2)CCO1. The Morgan fingerprint density at radius 3 is 2.95 bits per heavy atom. The number of nitrogens with one attached hydrogen (secondary N) is 1. The summed E-state index contributed by atoms with van der Waals surface area (Å²) in [4.78, 5) is 14.5. The Morgan fingerprint density at radius 2 is 2.23 bits per heavy atom. The average Bonchev–Trinajstić information content (AvgIpc) is 2.55. The van der Waals surface area contributed by atoms with Gasteiger partial charge in [-0.3, -0.25) is 9.69 Å². The van der Waals surface area contributed by atoms with Crippen LogP contribution in [0.25, 0.3) is 0 Å². The molecule has 1 saturated heterocycles. The van der Waals surface area contributed by atoms with Gasteiger partial charge in [0.25, 0.3) is 0 Å². The fourth-order valence-electron chi connectivity index (χ4n) is 2.48. The minimum absolute atomic E-state index is 0.0195. The molecule has 1 fully saturated rings. The molecule has 4 nitrogen and oxygen atoms in total. The van der Waals surface area contributed by atoms with Crippen LogP contribution in [-0.4, -0.2) is 54.7 Å². The lowest BCUT2D eigenvalue weighted by molar-refractivity contribution is -0.138. The second-order valence-corrected chi connectivity index (χ2v) is 6.98. The maximum Gasteiger partial charge on any atom is 0.250 e. The Morgan fingerprint density at radius 1 is 1.45 bits per heavy atom. The van der Waals surface area contributed by atoms with Crippen LogP contribution in [0.15, 0.2) is 30.3 Å². The van der Waals surface area contributed by atoms with E-state index in [-0.39, 0.29) is 12.0 Å². The van der Waals surface area contributed by atoms with Crippen LogP contribution in [0.1, 0.15) is 18.9 Å². The molecule has 1 aliphatic rings. The first-order valence-corrected chi connectivity index (χ1v) is 9.16. The number of morpholine rings is 1. The molecule has 1 heterocycles. The smallest absolute Gasteiger partial charge is 0.250 e. The maximum absolute atomic E-state index is 12.2. The van der Waals surface area contributed by atoms with Crippen LogP contribution in [0.3, 0.4) is 0 Å². The van der Waals surface area contributed by atoms with Crippen LogP contribution in [0.4, 0.5) is 0 Å². The molecule has 5 heteroatoms. The number of carbonyl (C=O) groups excluding carboxylic acids is 1. The normalized spacial score (nSPS) is 20.5. The van der Waals surface area contributed by atoms with Gasteiger partial charge in [0.1, 0.15) is 6.10 Å². The number of hydrogen-bond acceptors (Lipinski definition) is 4. The second-order valence-electron chi connectivity index (χ2n) is 5.71. The van der Waals surface area contributed by atoms with Crippen LogP contribution in [0.5, 0.6) is 0 Å². The number of ether oxygens (including phenoxy) is 1. The number of hydrogen-bond donors (Lipinski definition) is 1. The highest BCUT2D eigenvalue weighted by molar-refractivity contribution is 7.99. The predicted molar refractivity (Wildman–Crippen MR) is 92.1 cm³/mol. The quantitative estimate of drug-likeness (QED) is 0.835. The van der Waals surface area contributed by atoms with E-state index in [1.807, 2.05) is 30.0 Å². The molecule has 1 aromatic rings. The van der Waals surface area contributed by atoms with Crippen LogP contribution in [0, 0.1) is 0 Å². The lowest BCUT2D eigenvalue weighted by atomic mass is 10.2. The Labute approximate surface area is 137 Å². The van der Waals surface area contributed by atoms with Crippen LogP contribution < -0.4 is 5.32 Å². The van der Waals surface area contributed by atoms with Gasteiger partial charge < -0.3 is 10.1 Å². The van der Waals surface area contributed by atoms with Crippen molar-refractivity contribution in [2.24, 2.45) is 0 Å². The molecule has 0 aliphatic carbocycles. The number of rotatable bonds is 7. The third-order valence-corrected chi connectivity index (χ3v) is 4.98. The number of thioether (sulfide) groups is 1. The van der Waals surface area contributed by atoms with Crippen molar-refractivity contribution < 1.29 is 9.53 Å². The molecule has 0 spiro atoms. The molecule has 22 heavy (non-hydrogen) atoms. The van der Waals surface area contributed by atoms with Gasteiger partial charge in [-0.05, 0) is 18.2 Å². The number of benzene rings is 1. The van der Waals surface area contributed by atoms with Gasteiger partial charge >= 0.3 is 0 Å². The van der Waals surface area contributed by atoms with E-state index < -0.39 is 0 Å². The fraction of sp³-hybridized carbons (Fsp3) is 0.588. The van der Waals surface area contributed by atoms with Gasteiger partial charge in [0.15, 0.2) is 0 Å². The van der Waals surface area contributed by atoms with E-state index in [2.05, 4.69) is 35.5 Å². The minimum Gasteiger partial charge on any atom is -0.366 e. The van der Waals surface area contributed by atoms with E-state index in [0.717, 1.165) is 26.1 Å². The minimum atomic E-state index is -0.345. The Balaban J connectivity index is 1.76. The molecule has 1 aromatic carbocycles. The Hall–Kier alpha value is -1.04. The summed E-state index contributed by atoms with van der Waals surface area (Å²) < 4.78 is 5.63. The van der Waals surface area contributed by atoms with Gasteiger partial charge in [-0.1, -0.05) is 37.3 Å². The van der Waals surface area contributed by atoms with Crippen LogP contribution >= 0.6 is 11.8 Å². The van der Waals surface area contributed by atoms with Crippen LogP contribution in [0.2, 0.25) is 0 Å². The lowest BCUT2D eigenvalue weighted by Gasteiger charge is -2.32. The van der Waals surface area contributed by atoms with Gasteiger partial charge in [-0.25, -0.2) is 0 Å². The summed E-state index contributed by atoms with van der Waals surface area (Å²) in [6.07, 6.45) is 2.74. The van der Waals surface area contributed by atoms with Crippen molar-refractivity contribution >= 4 is 17.7 Å². The first-order chi connectivity index (χ1) is 10.7. The van der Waals surface area contributed by atoms with E-state index in [1.54, 1.807) is 0 Å². The van der Waals surface area contributed by atoms with Gasteiger partial charge in [0.05, 0.1) is 6.61 Å². The van der Waals surface area contributed by atoms with Gasteiger partial charge in [-0.15, -0.1) is 0 Å². The summed E-state index contributed by atoms with van der Waals surface area (Å²) in [5.41, 5.74) is 1.28. The molecule has 0 radical (unpaired) electrons. The van der Waals surface area contributed by atoms with Gasteiger partial charge in [0, 0.05) is 31.4 Å². The highest BCUT2D eigenvalue weighted by Crippen LogP contribution is 2.11. The highest BCUT2D eigenvalue weighted by atomic mass is 32.2. The molecule has 0 unspecified atom stereocenters. The van der Waals surface area contributed by atoms with Gasteiger partial charge in [-0.2, -0.15) is 11.8 Å². The Kier molecular flexibility index (Phi) is 7.22. The summed E-state index contributed by atoms with van der Waals surface area (Å²) in [6, 6.07) is 10.4. The summed E-state index contributed by atoms with van der Waals surface area (Å²) in [6.45, 7) is 5.93. The molecule has 2 rings (SSSR count). The zero-order chi connectivity index (χ0) is 15.8. The average molecular weight is 322 g/mol. The van der Waals surface area contributed by atoms with Crippen molar-refractivity contribution in [3.8, 4) is 0 Å². The topological polar surface area (TPSA) is 41.6 Å². The molecular formula is C17H26N2O2S. The largest absolute Gasteiger partial charge is 0.366 e. The molecule has 1 N–H and O–H groups in total. The zero-order valence-corrected chi connectivity index (χ0v) is 14.3. The zero-order valence-electron chi connectivity index (χ0n) is 13.5. The van der Waals surface area contributed by atoms with Crippen molar-refractivity contribution in [1.82, 2.24) is 10.2 Å². The van der Waals surface area contributed by atoms with E-state index in [0.29, 0.717) is 18.4 Å². The molecule has 0 bridgehead atoms. The molecular weight excluding hydrogens is 296 g/mol. The van der Waals surface area contributed by atoms with Crippen molar-refractivity contribution in [2.75, 3.05) is 32.5 Å². The fourth-order valence-corrected chi connectivity index (χ4v) is 2.83. The summed E-state index contributed by atoms with van der Waals surface area (Å²) in [7, 11) is 0. The Bertz CT molecular complexity index is 455. The van der Waals surface area contributed by atoms with E-state index in [4.69, 9.17) is 4.74 Å². The summed E-state index contributed by atoms with van der Waals surface area (Å²) in [5.74, 6) is 0.0195. The first kappa shape index (κ1) is 17.3. The standard InChI is InChI=1S/C17H26N2O2S/c1-14(22-2)8-9-18-17(20)16-13-19(10-11-21-16)12-15-6-4-3-5-7-15/h3-7,14,16H,8-13H2,1-2H3,(H,18,20)/t14-,16+/m1/s1. The highest BCUT2D eigenvalue weighted by Gasteiger charge is 2.26. The van der Waals surface area contributed by atoms with E-state index in [1.165, 1.54) is 5.56 Å². The van der Waals surface area contributed by atoms with Gasteiger partial charge in [0.2, 0.25) is 5.91 Å². The maximum atomic E-state index is 12.2. The summed E-state index contributed by atoms with van der Waals surface area (Å²) >= 11 is 1.82. The van der Waals surface area contributed by atoms with Crippen LogP contribution in [-0.2, 0) is 16.1 Å². The molecule has 122 valence electrons. The summed E-state index contributed by atoms with van der Waals surface area (Å²) in [5, 5.41) is 3.57. The number of amides is 1. The predicted octanol–water partition coefficient (Wildman–Crippen LogP) is 2.15. The van der Waals surface area contributed by atoms with Crippen molar-refractivity contribution in [1.29, 1.82) is 0 Å². The third kappa shape index (κ3) is 5.63. The molecule has 1 amide bonds. The lowest BCUT2D eigenvalue weighted by Crippen LogP contribution is -2.49. The molecule has 1 aliphatic heterocycles. The number of carbonyl (C=O) groups is 1. The number of nitrogens with zero attached hydrogens (tertiary/aromatic N) is 1. The van der Waals surface area contributed by atoms with E-state index in [9.17, 15) is 4.79 Å². The van der Waals surface area contributed by atoms with Crippen molar-refractivity contribution in [3.05, 3.63) is 35.9 Å². The monoisotopic (exact) mass is 322 g/mol. The molecule has 0 aromatic heterocycles. The van der Waals surface area contributed by atoms with Crippen molar-refractivity contribution in [2.45, 2.75) is 31.2 Å². The second kappa shape index (κ2) is 9.18.